The van der Waals surface area contributed by atoms with Gasteiger partial charge in [-0.2, -0.15) is 0 Å². The number of anilines is 1. The second-order valence-corrected chi connectivity index (χ2v) is 4.61. The minimum Gasteiger partial charge on any atom is -0.469 e. The summed E-state index contributed by atoms with van der Waals surface area (Å²) < 4.78 is 8.12. The molecule has 18 heavy (non-hydrogen) atoms. The number of carbonyl (C=O) groups excluding carboxylic acids is 2. The van der Waals surface area contributed by atoms with E-state index in [4.69, 9.17) is 0 Å². The van der Waals surface area contributed by atoms with E-state index in [1.165, 1.54) is 23.8 Å². The predicted molar refractivity (Wildman–Crippen MR) is 65.7 cm³/mol. The lowest BCUT2D eigenvalue weighted by Crippen LogP contribution is -2.12. The summed E-state index contributed by atoms with van der Waals surface area (Å²) in [7, 11) is 1.31. The molecule has 1 amide bonds. The van der Waals surface area contributed by atoms with E-state index in [9.17, 15) is 9.59 Å². The number of methoxy groups -OCH3 is 1. The second-order valence-electron chi connectivity index (χ2n) is 3.14. The van der Waals surface area contributed by atoms with Gasteiger partial charge in [0.15, 0.2) is 10.8 Å². The Morgan fingerprint density at radius 3 is 2.94 bits per heavy atom. The molecule has 0 aliphatic rings. The summed E-state index contributed by atoms with van der Waals surface area (Å²) in [5.41, 5.74) is 0.795. The van der Waals surface area contributed by atoms with Crippen LogP contribution in [0.4, 0.5) is 5.13 Å². The molecule has 0 aromatic carbocycles. The fourth-order valence-corrected chi connectivity index (χ4v) is 2.23. The molecular formula is C9H8N4O3S2. The van der Waals surface area contributed by atoms with E-state index in [2.05, 4.69) is 24.6 Å². The third-order valence-electron chi connectivity index (χ3n) is 1.92. The Morgan fingerprint density at radius 1 is 1.44 bits per heavy atom. The molecule has 0 bridgehead atoms. The van der Waals surface area contributed by atoms with E-state index >= 15 is 0 Å². The number of nitrogens with one attached hydrogen (secondary N) is 1. The molecule has 1 N–H and O–H groups in total. The largest absolute Gasteiger partial charge is 0.469 e. The van der Waals surface area contributed by atoms with Crippen molar-refractivity contribution < 1.29 is 14.3 Å². The SMILES string of the molecule is COC(=O)Cc1csc(NC(=O)c2csnn2)n1. The average Bonchev–Trinajstić information content (AvgIpc) is 3.00. The molecule has 0 saturated heterocycles. The van der Waals surface area contributed by atoms with Gasteiger partial charge in [0.2, 0.25) is 0 Å². The van der Waals surface area contributed by atoms with Gasteiger partial charge in [0, 0.05) is 10.8 Å². The van der Waals surface area contributed by atoms with Crippen LogP contribution in [0.5, 0.6) is 0 Å². The third-order valence-corrected chi connectivity index (χ3v) is 3.23. The molecule has 0 fully saturated rings. The van der Waals surface area contributed by atoms with Gasteiger partial charge in [-0.15, -0.1) is 16.4 Å². The summed E-state index contributed by atoms with van der Waals surface area (Å²) in [6, 6.07) is 0. The first kappa shape index (κ1) is 12.6. The highest BCUT2D eigenvalue weighted by molar-refractivity contribution is 7.14. The Kier molecular flexibility index (Phi) is 3.95. The Morgan fingerprint density at radius 2 is 2.28 bits per heavy atom. The van der Waals surface area contributed by atoms with Gasteiger partial charge >= 0.3 is 5.97 Å². The molecule has 2 rings (SSSR count). The topological polar surface area (TPSA) is 94.1 Å². The number of esters is 1. The number of hydrogen-bond acceptors (Lipinski definition) is 8. The van der Waals surface area contributed by atoms with E-state index in [0.717, 1.165) is 11.5 Å². The quantitative estimate of drug-likeness (QED) is 0.840. The van der Waals surface area contributed by atoms with Crippen LogP contribution in [-0.4, -0.2) is 33.6 Å². The standard InChI is InChI=1S/C9H8N4O3S2/c1-16-7(14)2-5-3-17-9(10-5)11-8(15)6-4-18-13-12-6/h3-4H,2H2,1H3,(H,10,11,15). The number of ether oxygens (including phenoxy) is 1. The van der Waals surface area contributed by atoms with Crippen LogP contribution in [0.2, 0.25) is 0 Å². The maximum absolute atomic E-state index is 11.6. The Hall–Kier alpha value is -1.87. The lowest BCUT2D eigenvalue weighted by Gasteiger charge is -1.97. The van der Waals surface area contributed by atoms with Crippen molar-refractivity contribution in [2.75, 3.05) is 12.4 Å². The van der Waals surface area contributed by atoms with Gasteiger partial charge in [-0.25, -0.2) is 4.98 Å². The molecule has 2 aromatic heterocycles. The minimum absolute atomic E-state index is 0.0845. The highest BCUT2D eigenvalue weighted by Gasteiger charge is 2.12. The lowest BCUT2D eigenvalue weighted by atomic mass is 10.3. The van der Waals surface area contributed by atoms with Gasteiger partial charge in [-0.1, -0.05) is 4.49 Å². The average molecular weight is 284 g/mol. The van der Waals surface area contributed by atoms with Crippen LogP contribution in [0.25, 0.3) is 0 Å². The van der Waals surface area contributed by atoms with Gasteiger partial charge in [0.25, 0.3) is 5.91 Å². The van der Waals surface area contributed by atoms with Gasteiger partial charge in [-0.05, 0) is 11.5 Å². The van der Waals surface area contributed by atoms with Gasteiger partial charge in [0.05, 0.1) is 19.2 Å². The normalized spacial score (nSPS) is 10.1. The van der Waals surface area contributed by atoms with Crippen molar-refractivity contribution in [3.05, 3.63) is 22.1 Å². The maximum Gasteiger partial charge on any atom is 0.311 e. The summed E-state index contributed by atoms with van der Waals surface area (Å²) in [4.78, 5) is 26.8. The Balaban J connectivity index is 1.98. The lowest BCUT2D eigenvalue weighted by molar-refractivity contribution is -0.139. The van der Waals surface area contributed by atoms with Crippen LogP contribution in [0, 0.1) is 0 Å². The summed E-state index contributed by atoms with van der Waals surface area (Å²) >= 11 is 2.33. The van der Waals surface area contributed by atoms with Crippen molar-refractivity contribution in [3.8, 4) is 0 Å². The summed E-state index contributed by atoms with van der Waals surface area (Å²) in [5, 5.41) is 9.85. The zero-order chi connectivity index (χ0) is 13.0. The Bertz CT molecular complexity index is 552. The van der Waals surface area contributed by atoms with Crippen molar-refractivity contribution in [2.45, 2.75) is 6.42 Å². The van der Waals surface area contributed by atoms with Crippen LogP contribution in [-0.2, 0) is 16.0 Å². The monoisotopic (exact) mass is 284 g/mol. The van der Waals surface area contributed by atoms with Gasteiger partial charge in [-0.3, -0.25) is 14.9 Å². The van der Waals surface area contributed by atoms with E-state index in [-0.39, 0.29) is 24.0 Å². The van der Waals surface area contributed by atoms with Crippen LogP contribution in [0.1, 0.15) is 16.2 Å². The molecule has 94 valence electrons. The second kappa shape index (κ2) is 5.65. The number of amides is 1. The first-order valence-corrected chi connectivity index (χ1v) is 6.50. The number of hydrogen-bond donors (Lipinski definition) is 1. The fraction of sp³-hybridized carbons (Fsp3) is 0.222. The highest BCUT2D eigenvalue weighted by atomic mass is 32.1. The number of thiazole rings is 1. The van der Waals surface area contributed by atoms with Crippen molar-refractivity contribution in [2.24, 2.45) is 0 Å². The molecule has 2 aromatic rings. The summed E-state index contributed by atoms with van der Waals surface area (Å²) in [6.07, 6.45) is 0.0845. The van der Waals surface area contributed by atoms with E-state index in [1.54, 1.807) is 5.38 Å². The van der Waals surface area contributed by atoms with E-state index in [0.29, 0.717) is 10.8 Å². The molecule has 0 aliphatic carbocycles. The molecule has 0 radical (unpaired) electrons. The van der Waals surface area contributed by atoms with Crippen molar-refractivity contribution in [1.82, 2.24) is 14.6 Å². The molecule has 7 nitrogen and oxygen atoms in total. The number of rotatable bonds is 4. The van der Waals surface area contributed by atoms with E-state index < -0.39 is 0 Å². The smallest absolute Gasteiger partial charge is 0.311 e. The molecule has 0 aliphatic heterocycles. The third kappa shape index (κ3) is 3.08. The van der Waals surface area contributed by atoms with Crippen LogP contribution >= 0.6 is 22.9 Å². The van der Waals surface area contributed by atoms with Crippen LogP contribution in [0.3, 0.4) is 0 Å². The van der Waals surface area contributed by atoms with Gasteiger partial charge < -0.3 is 4.74 Å². The van der Waals surface area contributed by atoms with Crippen molar-refractivity contribution in [3.63, 3.8) is 0 Å². The first-order valence-electron chi connectivity index (χ1n) is 4.78. The van der Waals surface area contributed by atoms with Crippen molar-refractivity contribution in [1.29, 1.82) is 0 Å². The molecular weight excluding hydrogens is 276 g/mol. The number of carbonyl (C=O) groups is 2. The Labute approximate surface area is 110 Å². The zero-order valence-electron chi connectivity index (χ0n) is 9.24. The maximum atomic E-state index is 11.6. The molecule has 0 saturated carbocycles. The number of aromatic nitrogens is 3. The number of nitrogens with zero attached hydrogens (tertiary/aromatic N) is 3. The van der Waals surface area contributed by atoms with E-state index in [1.807, 2.05) is 0 Å². The molecule has 9 heteroatoms. The zero-order valence-corrected chi connectivity index (χ0v) is 10.9. The van der Waals surface area contributed by atoms with Crippen molar-refractivity contribution >= 4 is 39.9 Å². The predicted octanol–water partition coefficient (Wildman–Crippen LogP) is 0.962. The summed E-state index contributed by atoms with van der Waals surface area (Å²) in [5.74, 6) is -0.746. The summed E-state index contributed by atoms with van der Waals surface area (Å²) in [6.45, 7) is 0. The van der Waals surface area contributed by atoms with Gasteiger partial charge in [0.1, 0.15) is 0 Å². The molecule has 0 spiro atoms. The van der Waals surface area contributed by atoms with Crippen LogP contribution < -0.4 is 5.32 Å². The molecule has 0 unspecified atom stereocenters. The minimum atomic E-state index is -0.373. The molecule has 0 atom stereocenters. The first-order chi connectivity index (χ1) is 8.69. The fourth-order valence-electron chi connectivity index (χ4n) is 1.09. The molecule has 2 heterocycles. The van der Waals surface area contributed by atoms with Crippen LogP contribution in [0.15, 0.2) is 10.8 Å². The highest BCUT2D eigenvalue weighted by Crippen LogP contribution is 2.16.